The number of carbonyl (C=O) groups is 17. The number of H-pyrrole nitrogens is 4. The van der Waals surface area contributed by atoms with Crippen LogP contribution in [0, 0.1) is 5.92 Å². The second-order valence-corrected chi connectivity index (χ2v) is 34.1. The van der Waals surface area contributed by atoms with Gasteiger partial charge in [0.1, 0.15) is 72.5 Å². The molecule has 5 heterocycles. The molecule has 12 atom stereocenters. The van der Waals surface area contributed by atoms with E-state index in [0.29, 0.717) is 75.6 Å². The van der Waals surface area contributed by atoms with Crippen molar-refractivity contribution in [2.24, 2.45) is 17.4 Å². The zero-order valence-corrected chi connectivity index (χ0v) is 76.2. The molecular weight excluding hydrogens is 1710 g/mol. The first-order valence-electron chi connectivity index (χ1n) is 43.7. The highest BCUT2D eigenvalue weighted by Gasteiger charge is 2.42. The van der Waals surface area contributed by atoms with Gasteiger partial charge in [-0.05, 0) is 67.3 Å². The van der Waals surface area contributed by atoms with Crippen molar-refractivity contribution in [3.8, 4) is 0 Å². The molecule has 0 radical (unpaired) electrons. The smallest absolute Gasteiger partial charge is 0.246 e. The molecule has 0 spiro atoms. The van der Waals surface area contributed by atoms with E-state index >= 15 is 24.0 Å². The van der Waals surface area contributed by atoms with Gasteiger partial charge in [0, 0.05) is 131 Å². The molecule has 4 aromatic heterocycles. The van der Waals surface area contributed by atoms with Crippen LogP contribution in [0.3, 0.4) is 0 Å². The van der Waals surface area contributed by atoms with E-state index in [1.807, 2.05) is 13.8 Å². The number of benzene rings is 3. The van der Waals surface area contributed by atoms with Gasteiger partial charge >= 0.3 is 0 Å². The number of aliphatic hydroxyl groups is 1. The van der Waals surface area contributed by atoms with Crippen LogP contribution in [0.25, 0.3) is 21.8 Å². The number of imidazole rings is 2. The van der Waals surface area contributed by atoms with E-state index in [1.165, 1.54) is 65.1 Å². The minimum Gasteiger partial charge on any atom is -0.394 e. The molecule has 41 nitrogen and oxygen atoms in total. The van der Waals surface area contributed by atoms with Gasteiger partial charge in [-0.3, -0.25) is 81.5 Å². The lowest BCUT2D eigenvalue weighted by Gasteiger charge is -2.36. The fourth-order valence-corrected chi connectivity index (χ4v) is 16.1. The van der Waals surface area contributed by atoms with E-state index < -0.39 is 217 Å². The van der Waals surface area contributed by atoms with Gasteiger partial charge in [0.15, 0.2) is 0 Å². The number of unbranched alkanes of at least 4 members (excludes halogenated alkanes) is 2. The van der Waals surface area contributed by atoms with Crippen LogP contribution in [0.1, 0.15) is 127 Å². The van der Waals surface area contributed by atoms with Crippen molar-refractivity contribution >= 4 is 134 Å². The van der Waals surface area contributed by atoms with Crippen LogP contribution < -0.4 is 64.6 Å². The Hall–Kier alpha value is -13.5. The van der Waals surface area contributed by atoms with E-state index in [2.05, 4.69) is 83.1 Å². The number of nitrogens with one attached hydrogen (secondary N) is 14. The summed E-state index contributed by atoms with van der Waals surface area (Å²) in [5, 5.41) is 38.9. The van der Waals surface area contributed by atoms with Crippen molar-refractivity contribution in [3.05, 3.63) is 144 Å². The average Bonchev–Trinajstić information content (AvgIpc) is 1.41. The first-order valence-corrected chi connectivity index (χ1v) is 44.8. The summed E-state index contributed by atoms with van der Waals surface area (Å²) in [7, 11) is 5.27. The molecule has 7 aromatic rings. The zero-order chi connectivity index (χ0) is 95.7. The molecular formula is C89H123N23O18S. The molecule has 8 rings (SSSR count). The number of thioether (sulfide) groups is 1. The molecule has 1 fully saturated rings. The van der Waals surface area contributed by atoms with E-state index in [9.17, 15) is 62.6 Å². The molecule has 42 heteroatoms. The maximum Gasteiger partial charge on any atom is 0.246 e. The Morgan fingerprint density at radius 1 is 0.489 bits per heavy atom. The predicted octanol–water partition coefficient (Wildman–Crippen LogP) is -1.19. The van der Waals surface area contributed by atoms with Gasteiger partial charge in [-0.1, -0.05) is 127 Å². The van der Waals surface area contributed by atoms with Crippen LogP contribution >= 0.6 is 11.8 Å². The molecule has 0 saturated carbocycles. The predicted molar refractivity (Wildman–Crippen MR) is 485 cm³/mol. The lowest BCUT2D eigenvalue weighted by atomic mass is 10.00. The molecule has 17 amide bonds. The van der Waals surface area contributed by atoms with Crippen molar-refractivity contribution < 1.29 is 86.6 Å². The monoisotopic (exact) mass is 1830 g/mol. The molecule has 19 N–H and O–H groups in total. The van der Waals surface area contributed by atoms with Crippen LogP contribution in [0.5, 0.6) is 0 Å². The highest BCUT2D eigenvalue weighted by Crippen LogP contribution is 2.25. The maximum atomic E-state index is 15.7. The van der Waals surface area contributed by atoms with Crippen LogP contribution in [0.4, 0.5) is 0 Å². The summed E-state index contributed by atoms with van der Waals surface area (Å²) in [6.07, 6.45) is 8.58. The number of aromatic amines is 4. The number of amides is 17. The number of fused-ring (bicyclic) bond motifs is 2. The Labute approximate surface area is 762 Å². The topological polar surface area (TPSA) is 588 Å². The first kappa shape index (κ1) is 103. The molecule has 0 aliphatic carbocycles. The Morgan fingerprint density at radius 3 is 1.52 bits per heavy atom. The quantitative estimate of drug-likeness (QED) is 0.0303. The Kier molecular flexibility index (Phi) is 39.6. The summed E-state index contributed by atoms with van der Waals surface area (Å²) in [5.41, 5.74) is 14.7. The summed E-state index contributed by atoms with van der Waals surface area (Å²) in [6, 6.07) is 4.27. The van der Waals surface area contributed by atoms with E-state index in [-0.39, 0.29) is 70.3 Å². The minimum atomic E-state index is -1.84. The van der Waals surface area contributed by atoms with Crippen molar-refractivity contribution in [1.29, 1.82) is 0 Å². The molecule has 0 unspecified atom stereocenters. The number of carbonyl (C=O) groups excluding carboxylic acids is 17. The van der Waals surface area contributed by atoms with Crippen molar-refractivity contribution in [3.63, 3.8) is 0 Å². The Balaban J connectivity index is 1.18. The fraction of sp³-hybridized carbons (Fsp3) is 0.494. The van der Waals surface area contributed by atoms with E-state index in [0.717, 1.165) is 31.4 Å². The lowest BCUT2D eigenvalue weighted by molar-refractivity contribution is -0.149. The number of likely N-dealkylation sites (N-methyl/N-ethyl adjacent to an activating group) is 4. The highest BCUT2D eigenvalue weighted by molar-refractivity contribution is 8.00. The third-order valence-electron chi connectivity index (χ3n) is 22.5. The normalized spacial score (nSPS) is 22.7. The average molecular weight is 1840 g/mol. The lowest BCUT2D eigenvalue weighted by Crippen LogP contribution is -2.61. The number of primary amides is 2. The Morgan fingerprint density at radius 2 is 0.969 bits per heavy atom. The molecule has 1 saturated heterocycles. The van der Waals surface area contributed by atoms with Crippen LogP contribution in [0.15, 0.2) is 116 Å². The van der Waals surface area contributed by atoms with Crippen LogP contribution in [-0.2, 0) is 114 Å². The summed E-state index contributed by atoms with van der Waals surface area (Å²) in [4.78, 5) is 273. The van der Waals surface area contributed by atoms with Gasteiger partial charge in [-0.15, -0.1) is 11.8 Å². The highest BCUT2D eigenvalue weighted by atomic mass is 32.2. The molecule has 708 valence electrons. The standard InChI is InChI=1S/C89H123N23O18S/c1-11-14-29-71-84(125)102-64(37-57-42-93-50-98-57)82(123)107-70(79(120)96-43-74(91)115)47-131-48-77(118)101-66(33-53-23-17-16-18-24-53)86(127)109(8)52(6)78(119)103-68(38-73(90)114)88(129)112(31-13-3)45-76(117)100-63(36-56-41-92-49-97-56)81(122)104-65(32-51(4)5)85(126)108(7)44-75(116)99-62(34-54-39-94-60-27-21-19-25-58(54)60)80(121)106-69(46-113)83(124)105-67(35-55-40-95-61-28-22-20-26-59(55)61)87(128)111(10)72(30-15-12-2)89(130)110(71)9/h16-28,39-42,49-52,62-72,94-95,113H,11-15,29-38,43-48H2,1-10H3,(H2,90,114)(H2,91,115)(H,92,97)(H,93,98)(H,96,120)(H,99,116)(H,100,117)(H,101,118)(H,102,125)(H,103,119)(H,104,122)(H,105,124)(H,106,121)(H,107,123)/t52-,62-,63-,64-,65-,66-,67-,68-,69-,70-,71-,72-/m0/s1. The largest absolute Gasteiger partial charge is 0.394 e. The second kappa shape index (κ2) is 50.4. The molecule has 1 aliphatic heterocycles. The van der Waals surface area contributed by atoms with E-state index in [4.69, 9.17) is 11.5 Å². The minimum absolute atomic E-state index is 0.00795. The van der Waals surface area contributed by atoms with Gasteiger partial charge < -0.3 is 114 Å². The molecule has 3 aromatic carbocycles. The van der Waals surface area contributed by atoms with Crippen molar-refractivity contribution in [2.45, 2.75) is 204 Å². The molecule has 0 bridgehead atoms. The third-order valence-corrected chi connectivity index (χ3v) is 23.5. The van der Waals surface area contributed by atoms with Gasteiger partial charge in [-0.2, -0.15) is 0 Å². The van der Waals surface area contributed by atoms with E-state index in [1.54, 1.807) is 112 Å². The van der Waals surface area contributed by atoms with Crippen molar-refractivity contribution in [2.75, 3.05) is 72.5 Å². The number of nitrogens with zero attached hydrogens (tertiary/aromatic N) is 7. The number of hydrogen-bond acceptors (Lipinski definition) is 21. The van der Waals surface area contributed by atoms with Gasteiger partial charge in [0.25, 0.3) is 0 Å². The number of rotatable bonds is 26. The zero-order valence-electron chi connectivity index (χ0n) is 75.4. The summed E-state index contributed by atoms with van der Waals surface area (Å²) in [5.74, 6) is -16.8. The van der Waals surface area contributed by atoms with Gasteiger partial charge in [-0.25, -0.2) is 9.97 Å². The van der Waals surface area contributed by atoms with Crippen LogP contribution in [-0.4, -0.2) is 305 Å². The number of para-hydroxylation sites is 2. The molecule has 1 aliphatic rings. The van der Waals surface area contributed by atoms with Crippen molar-refractivity contribution in [1.82, 2.24) is 108 Å². The van der Waals surface area contributed by atoms with Gasteiger partial charge in [0.05, 0.1) is 51.1 Å². The number of nitrogens with two attached hydrogens (primary N) is 2. The Bertz CT molecular complexity index is 5110. The maximum absolute atomic E-state index is 15.7. The second-order valence-electron chi connectivity index (χ2n) is 33.1. The number of aromatic nitrogens is 6. The third kappa shape index (κ3) is 30.3. The first-order chi connectivity index (χ1) is 62.5. The summed E-state index contributed by atoms with van der Waals surface area (Å²) in [6.45, 7) is 6.77. The summed E-state index contributed by atoms with van der Waals surface area (Å²) >= 11 is 0.804. The number of aliphatic hydroxyl groups excluding tert-OH is 1. The SMILES string of the molecule is CCCC[C@H]1C(=O)N(C)[C@@H](CCCC)C(=O)N[C@@H](Cc2cnc[nH]2)C(=O)N[C@H](C(=O)NCC(N)=O)CSCC(=O)N[C@@H](Cc2ccccc2)C(=O)N(C)[C@@H](C)C(=O)N[C@@H](CC(N)=O)C(=O)N(CCC)CC(=O)N[C@@H](Cc2cnc[nH]2)C(=O)N[C@@H](CC(C)C)C(=O)N(C)CC(=O)N[C@@H](Cc2c[nH]c3ccccc23)C(=O)N[C@@H](CO)C(=O)N[C@@H](Cc2c[nH]c3ccccc23)C(=O)N1C. The fourth-order valence-electron chi connectivity index (χ4n) is 15.2. The summed E-state index contributed by atoms with van der Waals surface area (Å²) < 4.78 is 0. The molecule has 131 heavy (non-hydrogen) atoms. The van der Waals surface area contributed by atoms with Crippen LogP contribution in [0.2, 0.25) is 0 Å². The van der Waals surface area contributed by atoms with Gasteiger partial charge in [0.2, 0.25) is 100 Å². The number of hydrogen-bond donors (Lipinski definition) is 17.